The number of hydrogen-bond acceptors (Lipinski definition) is 3. The molecule has 90 valence electrons. The molecular weight excluding hydrogens is 200 g/mol. The van der Waals surface area contributed by atoms with Gasteiger partial charge in [0.2, 0.25) is 0 Å². The Morgan fingerprint density at radius 2 is 2.00 bits per heavy atom. The summed E-state index contributed by atoms with van der Waals surface area (Å²) in [5, 5.41) is 0. The average Bonchev–Trinajstić information content (AvgIpc) is 2.28. The van der Waals surface area contributed by atoms with Crippen molar-refractivity contribution in [2.45, 2.75) is 19.9 Å². The largest absolute Gasteiger partial charge is 0.398 e. The van der Waals surface area contributed by atoms with E-state index in [0.717, 1.165) is 38.4 Å². The number of anilines is 1. The summed E-state index contributed by atoms with van der Waals surface area (Å²) >= 11 is 0. The topological polar surface area (TPSA) is 38.5 Å². The van der Waals surface area contributed by atoms with Crippen LogP contribution in [0, 0.1) is 0 Å². The molecule has 1 rings (SSSR count). The summed E-state index contributed by atoms with van der Waals surface area (Å²) in [7, 11) is 2.09. The smallest absolute Gasteiger partial charge is 0.0593 e. The van der Waals surface area contributed by atoms with Crippen molar-refractivity contribution in [1.82, 2.24) is 4.90 Å². The molecule has 3 nitrogen and oxygen atoms in total. The molecule has 0 radical (unpaired) electrons. The van der Waals surface area contributed by atoms with Crippen LogP contribution in [0.3, 0.4) is 0 Å². The molecular formula is C13H22N2O. The average molecular weight is 222 g/mol. The van der Waals surface area contributed by atoms with Gasteiger partial charge in [0.1, 0.15) is 0 Å². The number of para-hydroxylation sites is 1. The first kappa shape index (κ1) is 13.0. The minimum atomic E-state index is 0.789. The van der Waals surface area contributed by atoms with E-state index in [1.807, 2.05) is 18.2 Å². The first-order valence-corrected chi connectivity index (χ1v) is 5.83. The number of benzene rings is 1. The lowest BCUT2D eigenvalue weighted by molar-refractivity contribution is 0.110. The Bertz CT molecular complexity index is 302. The third-order valence-corrected chi connectivity index (χ3v) is 2.46. The normalized spacial score (nSPS) is 10.9. The van der Waals surface area contributed by atoms with Gasteiger partial charge in [-0.2, -0.15) is 0 Å². The molecule has 0 spiro atoms. The van der Waals surface area contributed by atoms with Crippen molar-refractivity contribution in [2.24, 2.45) is 0 Å². The zero-order chi connectivity index (χ0) is 11.8. The van der Waals surface area contributed by atoms with Gasteiger partial charge in [0.25, 0.3) is 0 Å². The number of rotatable bonds is 7. The Hall–Kier alpha value is -1.06. The van der Waals surface area contributed by atoms with Gasteiger partial charge in [0.15, 0.2) is 0 Å². The molecule has 0 saturated carbocycles. The number of nitrogen functional groups attached to an aromatic ring is 1. The Kier molecular flexibility index (Phi) is 5.90. The predicted molar refractivity (Wildman–Crippen MR) is 68.3 cm³/mol. The van der Waals surface area contributed by atoms with Gasteiger partial charge in [0.05, 0.1) is 6.61 Å². The highest BCUT2D eigenvalue weighted by Gasteiger charge is 2.02. The van der Waals surface area contributed by atoms with Crippen LogP contribution in [0.2, 0.25) is 0 Å². The second-order valence-corrected chi connectivity index (χ2v) is 4.05. The van der Waals surface area contributed by atoms with Crippen LogP contribution in [-0.2, 0) is 11.3 Å². The van der Waals surface area contributed by atoms with E-state index < -0.39 is 0 Å². The van der Waals surface area contributed by atoms with Crippen molar-refractivity contribution in [1.29, 1.82) is 0 Å². The third-order valence-electron chi connectivity index (χ3n) is 2.46. The van der Waals surface area contributed by atoms with Gasteiger partial charge in [-0.15, -0.1) is 0 Å². The van der Waals surface area contributed by atoms with Gasteiger partial charge in [-0.1, -0.05) is 25.1 Å². The molecule has 3 heteroatoms. The molecule has 0 fully saturated rings. The van der Waals surface area contributed by atoms with Crippen molar-refractivity contribution in [3.05, 3.63) is 29.8 Å². The van der Waals surface area contributed by atoms with Crippen LogP contribution in [-0.4, -0.2) is 31.7 Å². The third kappa shape index (κ3) is 4.64. The summed E-state index contributed by atoms with van der Waals surface area (Å²) in [6.45, 7) is 5.57. The molecule has 0 amide bonds. The van der Waals surface area contributed by atoms with Crippen molar-refractivity contribution in [2.75, 3.05) is 32.5 Å². The number of likely N-dealkylation sites (N-methyl/N-ethyl adjacent to an activating group) is 1. The fraction of sp³-hybridized carbons (Fsp3) is 0.538. The number of hydrogen-bond donors (Lipinski definition) is 1. The van der Waals surface area contributed by atoms with E-state index in [2.05, 4.69) is 24.9 Å². The van der Waals surface area contributed by atoms with E-state index >= 15 is 0 Å². The highest BCUT2D eigenvalue weighted by molar-refractivity contribution is 5.46. The quantitative estimate of drug-likeness (QED) is 0.567. The molecule has 1 aromatic carbocycles. The van der Waals surface area contributed by atoms with E-state index in [1.165, 1.54) is 5.56 Å². The summed E-state index contributed by atoms with van der Waals surface area (Å²) < 4.78 is 5.45. The fourth-order valence-electron chi connectivity index (χ4n) is 1.51. The second-order valence-electron chi connectivity index (χ2n) is 4.05. The van der Waals surface area contributed by atoms with Gasteiger partial charge in [-0.05, 0) is 25.1 Å². The molecule has 16 heavy (non-hydrogen) atoms. The maximum absolute atomic E-state index is 5.89. The molecule has 0 unspecified atom stereocenters. The van der Waals surface area contributed by atoms with E-state index in [9.17, 15) is 0 Å². The van der Waals surface area contributed by atoms with Gasteiger partial charge >= 0.3 is 0 Å². The lowest BCUT2D eigenvalue weighted by atomic mass is 10.2. The van der Waals surface area contributed by atoms with Gasteiger partial charge in [-0.3, -0.25) is 4.90 Å². The number of nitrogens with two attached hydrogens (primary N) is 1. The maximum atomic E-state index is 5.89. The van der Waals surface area contributed by atoms with Crippen LogP contribution in [0.4, 0.5) is 5.69 Å². The molecule has 0 saturated heterocycles. The molecule has 1 aromatic rings. The van der Waals surface area contributed by atoms with Crippen LogP contribution >= 0.6 is 0 Å². The summed E-state index contributed by atoms with van der Waals surface area (Å²) in [6.07, 6.45) is 1.08. The zero-order valence-electron chi connectivity index (χ0n) is 10.3. The SMILES string of the molecule is CCCOCCN(C)Cc1ccccc1N. The Labute approximate surface area is 98.2 Å². The molecule has 0 aliphatic carbocycles. The fourth-order valence-corrected chi connectivity index (χ4v) is 1.51. The van der Waals surface area contributed by atoms with Crippen molar-refractivity contribution in [3.8, 4) is 0 Å². The molecule has 0 heterocycles. The van der Waals surface area contributed by atoms with E-state index in [1.54, 1.807) is 0 Å². The van der Waals surface area contributed by atoms with E-state index in [0.29, 0.717) is 0 Å². The molecule has 0 bridgehead atoms. The minimum Gasteiger partial charge on any atom is -0.398 e. The lowest BCUT2D eigenvalue weighted by Crippen LogP contribution is -2.23. The van der Waals surface area contributed by atoms with Crippen LogP contribution < -0.4 is 5.73 Å². The predicted octanol–water partition coefficient (Wildman–Crippen LogP) is 2.13. The summed E-state index contributed by atoms with van der Waals surface area (Å²) in [5.41, 5.74) is 7.93. The van der Waals surface area contributed by atoms with Crippen molar-refractivity contribution in [3.63, 3.8) is 0 Å². The Balaban J connectivity index is 2.28. The highest BCUT2D eigenvalue weighted by atomic mass is 16.5. The first-order valence-electron chi connectivity index (χ1n) is 5.83. The monoisotopic (exact) mass is 222 g/mol. The standard InChI is InChI=1S/C13H22N2O/c1-3-9-16-10-8-15(2)11-12-6-4-5-7-13(12)14/h4-7H,3,8-11,14H2,1-2H3. The molecule has 0 atom stereocenters. The molecule has 0 aliphatic heterocycles. The number of ether oxygens (including phenoxy) is 1. The maximum Gasteiger partial charge on any atom is 0.0593 e. The van der Waals surface area contributed by atoms with Crippen LogP contribution in [0.1, 0.15) is 18.9 Å². The second kappa shape index (κ2) is 7.25. The lowest BCUT2D eigenvalue weighted by Gasteiger charge is -2.17. The Morgan fingerprint density at radius 1 is 1.25 bits per heavy atom. The first-order chi connectivity index (χ1) is 7.74. The van der Waals surface area contributed by atoms with E-state index in [4.69, 9.17) is 10.5 Å². The Morgan fingerprint density at radius 3 is 2.69 bits per heavy atom. The molecule has 2 N–H and O–H groups in total. The minimum absolute atomic E-state index is 0.789. The number of nitrogens with zero attached hydrogens (tertiary/aromatic N) is 1. The molecule has 0 aliphatic rings. The van der Waals surface area contributed by atoms with Gasteiger partial charge in [-0.25, -0.2) is 0 Å². The van der Waals surface area contributed by atoms with Crippen molar-refractivity contribution >= 4 is 5.69 Å². The van der Waals surface area contributed by atoms with Crippen LogP contribution in [0.15, 0.2) is 24.3 Å². The summed E-state index contributed by atoms with van der Waals surface area (Å²) in [4.78, 5) is 2.22. The van der Waals surface area contributed by atoms with Crippen LogP contribution in [0.25, 0.3) is 0 Å². The molecule has 0 aromatic heterocycles. The zero-order valence-corrected chi connectivity index (χ0v) is 10.3. The van der Waals surface area contributed by atoms with Crippen molar-refractivity contribution < 1.29 is 4.74 Å². The van der Waals surface area contributed by atoms with Gasteiger partial charge in [0, 0.05) is 25.4 Å². The van der Waals surface area contributed by atoms with E-state index in [-0.39, 0.29) is 0 Å². The summed E-state index contributed by atoms with van der Waals surface area (Å²) in [5.74, 6) is 0. The highest BCUT2D eigenvalue weighted by Crippen LogP contribution is 2.12. The van der Waals surface area contributed by atoms with Crippen LogP contribution in [0.5, 0.6) is 0 Å². The van der Waals surface area contributed by atoms with Gasteiger partial charge < -0.3 is 10.5 Å². The summed E-state index contributed by atoms with van der Waals surface area (Å²) in [6, 6.07) is 7.99.